The quantitative estimate of drug-likeness (QED) is 0.698. The Kier molecular flexibility index (Phi) is 5.62. The summed E-state index contributed by atoms with van der Waals surface area (Å²) in [6.07, 6.45) is 3.45. The first-order valence-electron chi connectivity index (χ1n) is 9.65. The summed E-state index contributed by atoms with van der Waals surface area (Å²) >= 11 is 0. The molecule has 1 aliphatic rings. The van der Waals surface area contributed by atoms with Crippen LogP contribution in [0.25, 0.3) is 11.0 Å². The monoisotopic (exact) mass is 382 g/mol. The Bertz CT molecular complexity index is 958. The van der Waals surface area contributed by atoms with Crippen LogP contribution in [0.5, 0.6) is 0 Å². The van der Waals surface area contributed by atoms with Crippen molar-refractivity contribution < 1.29 is 13.8 Å². The van der Waals surface area contributed by atoms with Gasteiger partial charge in [-0.15, -0.1) is 0 Å². The SMILES string of the molecule is O=C(CCC1CCCN(Cc2ccc3nonc3c2)C1)Nc1ccccc1F. The number of nitrogens with zero attached hydrogens (tertiary/aromatic N) is 3. The molecule has 2 heterocycles. The van der Waals surface area contributed by atoms with Gasteiger partial charge in [-0.25, -0.2) is 9.02 Å². The molecule has 3 aromatic rings. The number of para-hydroxylation sites is 1. The molecule has 7 heteroatoms. The minimum Gasteiger partial charge on any atom is -0.324 e. The van der Waals surface area contributed by atoms with Crippen LogP contribution in [0.15, 0.2) is 47.1 Å². The fourth-order valence-corrected chi connectivity index (χ4v) is 3.83. The molecule has 0 bridgehead atoms. The second-order valence-corrected chi connectivity index (χ2v) is 7.40. The van der Waals surface area contributed by atoms with E-state index in [1.807, 2.05) is 12.1 Å². The molecule has 4 rings (SSSR count). The minimum atomic E-state index is -0.404. The maximum Gasteiger partial charge on any atom is 0.224 e. The number of rotatable bonds is 6. The van der Waals surface area contributed by atoms with E-state index in [1.165, 1.54) is 11.6 Å². The van der Waals surface area contributed by atoms with Gasteiger partial charge in [0.15, 0.2) is 0 Å². The molecular formula is C21H23FN4O2. The zero-order chi connectivity index (χ0) is 19.3. The van der Waals surface area contributed by atoms with E-state index in [-0.39, 0.29) is 11.6 Å². The van der Waals surface area contributed by atoms with Gasteiger partial charge in [0.05, 0.1) is 5.69 Å². The number of halogens is 1. The van der Waals surface area contributed by atoms with Crippen LogP contribution in [0.1, 0.15) is 31.2 Å². The number of nitrogens with one attached hydrogen (secondary N) is 1. The highest BCUT2D eigenvalue weighted by Gasteiger charge is 2.21. The van der Waals surface area contributed by atoms with Crippen molar-refractivity contribution in [2.45, 2.75) is 32.2 Å². The summed E-state index contributed by atoms with van der Waals surface area (Å²) in [6, 6.07) is 12.2. The number of aromatic nitrogens is 2. The van der Waals surface area contributed by atoms with Crippen LogP contribution in [-0.2, 0) is 11.3 Å². The highest BCUT2D eigenvalue weighted by Crippen LogP contribution is 2.24. The minimum absolute atomic E-state index is 0.133. The van der Waals surface area contributed by atoms with E-state index in [4.69, 9.17) is 4.63 Å². The molecule has 1 saturated heterocycles. The fraction of sp³-hybridized carbons (Fsp3) is 0.381. The molecular weight excluding hydrogens is 359 g/mol. The lowest BCUT2D eigenvalue weighted by molar-refractivity contribution is -0.116. The molecule has 6 nitrogen and oxygen atoms in total. The number of fused-ring (bicyclic) bond motifs is 1. The molecule has 146 valence electrons. The molecule has 0 radical (unpaired) electrons. The van der Waals surface area contributed by atoms with Gasteiger partial charge < -0.3 is 5.32 Å². The molecule has 1 fully saturated rings. The Morgan fingerprint density at radius 2 is 2.07 bits per heavy atom. The van der Waals surface area contributed by atoms with E-state index < -0.39 is 5.82 Å². The molecule has 1 amide bonds. The second kappa shape index (κ2) is 8.48. The molecule has 1 N–H and O–H groups in total. The average molecular weight is 382 g/mol. The average Bonchev–Trinajstić information content (AvgIpc) is 3.16. The molecule has 1 aromatic heterocycles. The highest BCUT2D eigenvalue weighted by atomic mass is 19.1. The number of carbonyl (C=O) groups excluding carboxylic acids is 1. The molecule has 0 spiro atoms. The Balaban J connectivity index is 1.27. The summed E-state index contributed by atoms with van der Waals surface area (Å²) in [6.45, 7) is 2.86. The third kappa shape index (κ3) is 4.54. The van der Waals surface area contributed by atoms with Crippen LogP contribution in [0.3, 0.4) is 0 Å². The number of carbonyl (C=O) groups is 1. The van der Waals surface area contributed by atoms with Crippen LogP contribution < -0.4 is 5.32 Å². The zero-order valence-electron chi connectivity index (χ0n) is 15.6. The first-order chi connectivity index (χ1) is 13.7. The van der Waals surface area contributed by atoms with Gasteiger partial charge >= 0.3 is 0 Å². The van der Waals surface area contributed by atoms with Crippen molar-refractivity contribution in [2.75, 3.05) is 18.4 Å². The van der Waals surface area contributed by atoms with E-state index in [2.05, 4.69) is 26.6 Å². The standard InChI is InChI=1S/C21H23FN4O2/c22-17-5-1-2-6-18(17)23-21(27)10-8-15-4-3-11-26(13-15)14-16-7-9-19-20(12-16)25-28-24-19/h1-2,5-7,9,12,15H,3-4,8,10-11,13-14H2,(H,23,27). The lowest BCUT2D eigenvalue weighted by Gasteiger charge is -2.32. The van der Waals surface area contributed by atoms with E-state index in [0.29, 0.717) is 12.3 Å². The smallest absolute Gasteiger partial charge is 0.224 e. The van der Waals surface area contributed by atoms with E-state index in [9.17, 15) is 9.18 Å². The largest absolute Gasteiger partial charge is 0.324 e. The van der Waals surface area contributed by atoms with Gasteiger partial charge in [0.1, 0.15) is 16.9 Å². The van der Waals surface area contributed by atoms with Gasteiger partial charge in [-0.2, -0.15) is 0 Å². The third-order valence-corrected chi connectivity index (χ3v) is 5.26. The Hall–Kier alpha value is -2.80. The molecule has 2 aromatic carbocycles. The number of anilines is 1. The highest BCUT2D eigenvalue weighted by molar-refractivity contribution is 5.90. The summed E-state index contributed by atoms with van der Waals surface area (Å²) in [5.74, 6) is -0.0669. The summed E-state index contributed by atoms with van der Waals surface area (Å²) < 4.78 is 18.4. The van der Waals surface area contributed by atoms with Crippen LogP contribution in [0, 0.1) is 11.7 Å². The molecule has 28 heavy (non-hydrogen) atoms. The predicted molar refractivity (Wildman–Crippen MR) is 104 cm³/mol. The van der Waals surface area contributed by atoms with Gasteiger partial charge in [0.25, 0.3) is 0 Å². The summed E-state index contributed by atoms with van der Waals surface area (Å²) in [5.41, 5.74) is 2.97. The number of benzene rings is 2. The Morgan fingerprint density at radius 1 is 1.21 bits per heavy atom. The summed E-state index contributed by atoms with van der Waals surface area (Å²) in [4.78, 5) is 14.6. The normalized spacial score (nSPS) is 17.7. The van der Waals surface area contributed by atoms with Crippen molar-refractivity contribution in [3.63, 3.8) is 0 Å². The lowest BCUT2D eigenvalue weighted by atomic mass is 9.93. The van der Waals surface area contributed by atoms with Gasteiger partial charge in [-0.3, -0.25) is 9.69 Å². The number of hydrogen-bond donors (Lipinski definition) is 1. The van der Waals surface area contributed by atoms with Gasteiger partial charge in [-0.1, -0.05) is 18.2 Å². The van der Waals surface area contributed by atoms with Crippen LogP contribution in [0.2, 0.25) is 0 Å². The van der Waals surface area contributed by atoms with Crippen LogP contribution in [0.4, 0.5) is 10.1 Å². The van der Waals surface area contributed by atoms with Crippen molar-refractivity contribution in [3.05, 3.63) is 53.8 Å². The lowest BCUT2D eigenvalue weighted by Crippen LogP contribution is -2.35. The van der Waals surface area contributed by atoms with Crippen LogP contribution in [-0.4, -0.2) is 34.2 Å². The summed E-state index contributed by atoms with van der Waals surface area (Å²) in [5, 5.41) is 10.4. The van der Waals surface area contributed by atoms with Crippen molar-refractivity contribution in [1.29, 1.82) is 0 Å². The van der Waals surface area contributed by atoms with E-state index in [1.54, 1.807) is 18.2 Å². The number of amides is 1. The van der Waals surface area contributed by atoms with Crippen molar-refractivity contribution in [2.24, 2.45) is 5.92 Å². The van der Waals surface area contributed by atoms with Crippen LogP contribution >= 0.6 is 0 Å². The summed E-state index contributed by atoms with van der Waals surface area (Å²) in [7, 11) is 0. The maximum atomic E-state index is 13.6. The molecule has 1 atom stereocenters. The van der Waals surface area contributed by atoms with E-state index >= 15 is 0 Å². The predicted octanol–water partition coefficient (Wildman–Crippen LogP) is 3.99. The number of hydrogen-bond acceptors (Lipinski definition) is 5. The first-order valence-corrected chi connectivity index (χ1v) is 9.65. The third-order valence-electron chi connectivity index (χ3n) is 5.26. The van der Waals surface area contributed by atoms with Gasteiger partial charge in [0.2, 0.25) is 5.91 Å². The second-order valence-electron chi connectivity index (χ2n) is 7.40. The zero-order valence-corrected chi connectivity index (χ0v) is 15.6. The van der Waals surface area contributed by atoms with Gasteiger partial charge in [0, 0.05) is 19.5 Å². The van der Waals surface area contributed by atoms with Gasteiger partial charge in [-0.05, 0) is 71.9 Å². The van der Waals surface area contributed by atoms with Crippen molar-refractivity contribution in [3.8, 4) is 0 Å². The molecule has 0 saturated carbocycles. The molecule has 1 aliphatic heterocycles. The Morgan fingerprint density at radius 3 is 2.96 bits per heavy atom. The molecule has 0 aliphatic carbocycles. The first kappa shape index (κ1) is 18.6. The number of piperidine rings is 1. The topological polar surface area (TPSA) is 71.3 Å². The van der Waals surface area contributed by atoms with Crippen molar-refractivity contribution in [1.82, 2.24) is 15.2 Å². The fourth-order valence-electron chi connectivity index (χ4n) is 3.83. The molecule has 1 unspecified atom stereocenters. The van der Waals surface area contributed by atoms with E-state index in [0.717, 1.165) is 49.9 Å². The van der Waals surface area contributed by atoms with Crippen molar-refractivity contribution >= 4 is 22.6 Å². The number of likely N-dealkylation sites (tertiary alicyclic amines) is 1. The maximum absolute atomic E-state index is 13.6. The Labute approximate surface area is 162 Å².